The summed E-state index contributed by atoms with van der Waals surface area (Å²) in [7, 11) is 0. The predicted octanol–water partition coefficient (Wildman–Crippen LogP) is 11.2. The molecule has 0 aromatic heterocycles. The molecule has 8 nitrogen and oxygen atoms in total. The fourth-order valence-corrected chi connectivity index (χ4v) is 6.18. The highest BCUT2D eigenvalue weighted by Gasteiger charge is 2.31. The van der Waals surface area contributed by atoms with Gasteiger partial charge in [-0.1, -0.05) is 100 Å². The van der Waals surface area contributed by atoms with Gasteiger partial charge in [0.1, 0.15) is 0 Å². The van der Waals surface area contributed by atoms with E-state index in [1.165, 1.54) is 25.3 Å². The number of aliphatic imine (C=N–C) groups is 1. The van der Waals surface area contributed by atoms with Crippen LogP contribution in [-0.2, 0) is 4.79 Å². The van der Waals surface area contributed by atoms with Gasteiger partial charge in [-0.3, -0.25) is 0 Å². The van der Waals surface area contributed by atoms with Crippen LogP contribution in [0, 0.1) is 0 Å². The Morgan fingerprint density at radius 1 is 0.750 bits per heavy atom. The van der Waals surface area contributed by atoms with Crippen LogP contribution in [0.5, 0.6) is 0 Å². The third kappa shape index (κ3) is 13.2. The minimum atomic E-state index is -0.851. The zero-order valence-corrected chi connectivity index (χ0v) is 32.5. The number of amides is 2. The van der Waals surface area contributed by atoms with Gasteiger partial charge in [-0.2, -0.15) is 4.99 Å². The van der Waals surface area contributed by atoms with Gasteiger partial charge in [-0.05, 0) is 104 Å². The van der Waals surface area contributed by atoms with E-state index < -0.39 is 12.2 Å². The predicted molar refractivity (Wildman–Crippen MR) is 213 cm³/mol. The number of nitrogens with one attached hydrogen (secondary N) is 2. The first kappa shape index (κ1) is 41.9. The van der Waals surface area contributed by atoms with Gasteiger partial charge in [0.2, 0.25) is 6.08 Å². The Kier molecular flexibility index (Phi) is 17.0. The largest absolute Gasteiger partial charge is 0.387 e. The van der Waals surface area contributed by atoms with E-state index in [0.29, 0.717) is 59.7 Å². The molecule has 4 aromatic rings. The molecule has 2 unspecified atom stereocenters. The molecule has 2 amide bonds. The van der Waals surface area contributed by atoms with Crippen molar-refractivity contribution in [1.29, 1.82) is 0 Å². The lowest BCUT2D eigenvalue weighted by atomic mass is 9.91. The van der Waals surface area contributed by atoms with Crippen LogP contribution < -0.4 is 10.6 Å². The number of isocyanates is 1. The summed E-state index contributed by atoms with van der Waals surface area (Å²) < 4.78 is 0. The molecular formula is C38H38Cl6N4O4. The number of carbonyl (C=O) groups excluding carboxylic acids is 2. The van der Waals surface area contributed by atoms with E-state index >= 15 is 0 Å². The molecule has 14 heteroatoms. The van der Waals surface area contributed by atoms with E-state index in [1.807, 2.05) is 0 Å². The molecule has 0 spiro atoms. The van der Waals surface area contributed by atoms with E-state index in [0.717, 1.165) is 24.8 Å². The Hall–Kier alpha value is -2.85. The van der Waals surface area contributed by atoms with Gasteiger partial charge in [0.25, 0.3) is 0 Å². The average molecular weight is 827 g/mol. The van der Waals surface area contributed by atoms with Gasteiger partial charge in [-0.15, -0.1) is 0 Å². The molecule has 0 bridgehead atoms. The van der Waals surface area contributed by atoms with Crippen LogP contribution in [0.25, 0.3) is 0 Å². The minimum Gasteiger partial charge on any atom is -0.387 e. The van der Waals surface area contributed by atoms with Crippen molar-refractivity contribution in [3.8, 4) is 0 Å². The molecule has 2 fully saturated rings. The van der Waals surface area contributed by atoms with Crippen LogP contribution in [0.2, 0.25) is 30.1 Å². The smallest absolute Gasteiger partial charge is 0.322 e. The van der Waals surface area contributed by atoms with Crippen LogP contribution in [-0.4, -0.2) is 52.4 Å². The molecule has 2 saturated carbocycles. The number of nitrogens with zero attached hydrogens (tertiary/aromatic N) is 2. The van der Waals surface area contributed by atoms with Crippen molar-refractivity contribution in [2.75, 3.05) is 18.4 Å². The second-order valence-electron chi connectivity index (χ2n) is 12.3. The Bertz CT molecular complexity index is 1840. The van der Waals surface area contributed by atoms with Crippen LogP contribution in [0.3, 0.4) is 0 Å². The molecule has 0 aliphatic heterocycles. The number of hydrogen-bond acceptors (Lipinski definition) is 6. The van der Waals surface area contributed by atoms with Crippen LogP contribution in [0.4, 0.5) is 16.2 Å². The second-order valence-corrected chi connectivity index (χ2v) is 14.8. The summed E-state index contributed by atoms with van der Waals surface area (Å²) in [4.78, 5) is 27.6. The van der Waals surface area contributed by atoms with E-state index in [4.69, 9.17) is 69.6 Å². The van der Waals surface area contributed by atoms with Gasteiger partial charge in [0, 0.05) is 34.4 Å². The highest BCUT2D eigenvalue weighted by molar-refractivity contribution is 6.42. The normalized spacial score (nSPS) is 14.8. The van der Waals surface area contributed by atoms with Crippen molar-refractivity contribution >= 4 is 93.1 Å². The van der Waals surface area contributed by atoms with Crippen LogP contribution >= 0.6 is 69.6 Å². The van der Waals surface area contributed by atoms with E-state index in [9.17, 15) is 19.8 Å². The van der Waals surface area contributed by atoms with Crippen molar-refractivity contribution in [3.05, 3.63) is 126 Å². The third-order valence-electron chi connectivity index (χ3n) is 8.57. The molecule has 2 aliphatic rings. The van der Waals surface area contributed by atoms with Crippen LogP contribution in [0.15, 0.2) is 89.9 Å². The van der Waals surface area contributed by atoms with Gasteiger partial charge in [-0.25, -0.2) is 9.59 Å². The lowest BCUT2D eigenvalue weighted by Crippen LogP contribution is -2.48. The number of hydrogen-bond donors (Lipinski definition) is 4. The van der Waals surface area contributed by atoms with Crippen molar-refractivity contribution in [2.45, 2.75) is 62.8 Å². The molecule has 52 heavy (non-hydrogen) atoms. The summed E-state index contributed by atoms with van der Waals surface area (Å²) in [6.07, 6.45) is 6.72. The van der Waals surface area contributed by atoms with E-state index in [-0.39, 0.29) is 18.6 Å². The van der Waals surface area contributed by atoms with Crippen LogP contribution in [0.1, 0.15) is 61.9 Å². The zero-order chi connectivity index (χ0) is 37.6. The Labute approximate surface area is 333 Å². The summed E-state index contributed by atoms with van der Waals surface area (Å²) >= 11 is 35.2. The van der Waals surface area contributed by atoms with Crippen molar-refractivity contribution in [3.63, 3.8) is 0 Å². The molecule has 2 aliphatic carbocycles. The maximum Gasteiger partial charge on any atom is 0.322 e. The SMILES string of the molecule is O=C(Nc1cccc(Cl)c1)N(CC(O)c1ccc(Cl)c(Cl)c1)C1CCC1.O=C=Nc1cccc(Cl)c1.OC(CNC1CCC1)c1ccc(Cl)c(Cl)c1. The highest BCUT2D eigenvalue weighted by Crippen LogP contribution is 2.31. The molecule has 276 valence electrons. The summed E-state index contributed by atoms with van der Waals surface area (Å²) in [5.74, 6) is 0. The standard InChI is InChI=1S/C19H19Cl3N2O2.C12H15Cl2NO.C7H4ClNO/c20-13-3-1-4-14(10-13)23-19(26)24(15-5-2-6-15)11-18(25)12-7-8-16(21)17(22)9-12;13-10-5-4-8(6-11(10)14)12(16)7-15-9-2-1-3-9;8-6-2-1-3-7(4-6)9-5-10/h1,3-4,7-10,15,18,25H,2,5-6,11H2,(H,23,26);4-6,9,12,15-16H,1-3,7H2;1-4H. The van der Waals surface area contributed by atoms with Gasteiger partial charge < -0.3 is 25.7 Å². The third-order valence-corrected chi connectivity index (χ3v) is 10.5. The monoisotopic (exact) mass is 824 g/mol. The molecule has 6 rings (SSSR count). The zero-order valence-electron chi connectivity index (χ0n) is 27.9. The lowest BCUT2D eigenvalue weighted by molar-refractivity contribution is 0.0840. The molecule has 0 saturated heterocycles. The highest BCUT2D eigenvalue weighted by atomic mass is 35.5. The first-order chi connectivity index (χ1) is 24.9. The molecule has 0 radical (unpaired) electrons. The molecule has 2 atom stereocenters. The summed E-state index contributed by atoms with van der Waals surface area (Å²) in [5, 5.41) is 29.6. The van der Waals surface area contributed by atoms with Crippen molar-refractivity contribution < 1.29 is 19.8 Å². The summed E-state index contributed by atoms with van der Waals surface area (Å²) in [6.45, 7) is 0.748. The average Bonchev–Trinajstić information content (AvgIpc) is 3.06. The first-order valence-corrected chi connectivity index (χ1v) is 18.9. The number of rotatable bonds is 10. The Morgan fingerprint density at radius 2 is 1.33 bits per heavy atom. The van der Waals surface area contributed by atoms with Crippen molar-refractivity contribution in [1.82, 2.24) is 10.2 Å². The van der Waals surface area contributed by atoms with Crippen molar-refractivity contribution in [2.24, 2.45) is 4.99 Å². The molecule has 0 heterocycles. The number of anilines is 1. The number of aliphatic hydroxyl groups excluding tert-OH is 2. The molecule has 4 aromatic carbocycles. The number of benzene rings is 4. The maximum atomic E-state index is 12.8. The number of urea groups is 1. The summed E-state index contributed by atoms with van der Waals surface area (Å²) in [5.41, 5.74) is 2.58. The quantitative estimate of drug-likeness (QED) is 0.0939. The Morgan fingerprint density at radius 3 is 1.83 bits per heavy atom. The minimum absolute atomic E-state index is 0.117. The summed E-state index contributed by atoms with van der Waals surface area (Å²) in [6, 6.07) is 24.4. The number of halogens is 6. The second kappa shape index (κ2) is 21.1. The van der Waals surface area contributed by atoms with E-state index in [2.05, 4.69) is 15.6 Å². The first-order valence-electron chi connectivity index (χ1n) is 16.6. The Balaban J connectivity index is 0.000000197. The van der Waals surface area contributed by atoms with E-state index in [1.54, 1.807) is 89.8 Å². The number of aliphatic hydroxyl groups is 2. The maximum absolute atomic E-state index is 12.8. The lowest BCUT2D eigenvalue weighted by Gasteiger charge is -2.38. The topological polar surface area (TPSA) is 114 Å². The van der Waals surface area contributed by atoms with Gasteiger partial charge in [0.15, 0.2) is 0 Å². The fourth-order valence-electron chi connectivity index (χ4n) is 5.20. The number of carbonyl (C=O) groups is 1. The van der Waals surface area contributed by atoms with Gasteiger partial charge >= 0.3 is 6.03 Å². The molecule has 4 N–H and O–H groups in total. The molecular weight excluding hydrogens is 789 g/mol. The fraction of sp³-hybridized carbons (Fsp3) is 0.316. The van der Waals surface area contributed by atoms with Gasteiger partial charge in [0.05, 0.1) is 44.5 Å².